The van der Waals surface area contributed by atoms with E-state index in [4.69, 9.17) is 11.6 Å². The number of benzene rings is 1. The van der Waals surface area contributed by atoms with Gasteiger partial charge in [0.05, 0.1) is 0 Å². The first kappa shape index (κ1) is 12.7. The fourth-order valence-electron chi connectivity index (χ4n) is 2.91. The number of pyridine rings is 1. The standard InChI is InChI=1S/C15H17ClN2O/c1-18-6-4-10(5-7-18)14-9-17-15(19)13-8-11(16)2-3-12(13)14/h2-3,8-10H,4-7H2,1H3,(H,17,19). The summed E-state index contributed by atoms with van der Waals surface area (Å²) in [5, 5.41) is 2.35. The van der Waals surface area contributed by atoms with Gasteiger partial charge in [0.1, 0.15) is 0 Å². The zero-order chi connectivity index (χ0) is 13.4. The summed E-state index contributed by atoms with van der Waals surface area (Å²) in [6.07, 6.45) is 4.16. The highest BCUT2D eigenvalue weighted by Gasteiger charge is 2.20. The summed E-state index contributed by atoms with van der Waals surface area (Å²) < 4.78 is 0. The molecule has 2 aromatic rings. The van der Waals surface area contributed by atoms with E-state index in [9.17, 15) is 4.79 Å². The van der Waals surface area contributed by atoms with Crippen molar-refractivity contribution in [2.45, 2.75) is 18.8 Å². The number of piperidine rings is 1. The van der Waals surface area contributed by atoms with Crippen LogP contribution in [0.2, 0.25) is 5.02 Å². The maximum absolute atomic E-state index is 11.9. The Hall–Kier alpha value is -1.32. The molecule has 1 saturated heterocycles. The number of hydrogen-bond donors (Lipinski definition) is 1. The van der Waals surface area contributed by atoms with Crippen molar-refractivity contribution < 1.29 is 0 Å². The molecule has 19 heavy (non-hydrogen) atoms. The van der Waals surface area contributed by atoms with Crippen LogP contribution in [0.15, 0.2) is 29.2 Å². The molecule has 0 unspecified atom stereocenters. The molecule has 0 saturated carbocycles. The maximum atomic E-state index is 11.9. The highest BCUT2D eigenvalue weighted by atomic mass is 35.5. The Morgan fingerprint density at radius 1 is 1.26 bits per heavy atom. The average Bonchev–Trinajstić information content (AvgIpc) is 2.41. The molecule has 0 bridgehead atoms. The van der Waals surface area contributed by atoms with Crippen molar-refractivity contribution in [3.05, 3.63) is 45.3 Å². The number of aromatic nitrogens is 1. The molecule has 2 heterocycles. The number of hydrogen-bond acceptors (Lipinski definition) is 2. The third kappa shape index (κ3) is 2.40. The molecule has 1 aliphatic heterocycles. The Morgan fingerprint density at radius 3 is 2.74 bits per heavy atom. The molecule has 0 amide bonds. The van der Waals surface area contributed by atoms with E-state index in [1.54, 1.807) is 6.07 Å². The van der Waals surface area contributed by atoms with Crippen LogP contribution in [-0.2, 0) is 0 Å². The Bertz CT molecular complexity index is 657. The molecule has 4 heteroatoms. The molecule has 0 atom stereocenters. The van der Waals surface area contributed by atoms with Gasteiger partial charge < -0.3 is 9.88 Å². The fraction of sp³-hybridized carbons (Fsp3) is 0.400. The minimum atomic E-state index is -0.0609. The van der Waals surface area contributed by atoms with Crippen molar-refractivity contribution in [3.63, 3.8) is 0 Å². The predicted octanol–water partition coefficient (Wildman–Crippen LogP) is 2.99. The average molecular weight is 277 g/mol. The third-order valence-corrected chi connectivity index (χ3v) is 4.29. The Morgan fingerprint density at radius 2 is 2.00 bits per heavy atom. The van der Waals surface area contributed by atoms with Gasteiger partial charge in [-0.1, -0.05) is 17.7 Å². The Kier molecular flexibility index (Phi) is 3.33. The lowest BCUT2D eigenvalue weighted by Gasteiger charge is -2.29. The van der Waals surface area contributed by atoms with E-state index in [-0.39, 0.29) is 5.56 Å². The number of fused-ring (bicyclic) bond motifs is 1. The van der Waals surface area contributed by atoms with E-state index in [0.717, 1.165) is 31.3 Å². The first-order valence-corrected chi connectivity index (χ1v) is 7.02. The van der Waals surface area contributed by atoms with Crippen LogP contribution in [-0.4, -0.2) is 30.0 Å². The summed E-state index contributed by atoms with van der Waals surface area (Å²) in [6.45, 7) is 2.22. The second kappa shape index (κ2) is 4.99. The van der Waals surface area contributed by atoms with E-state index in [1.807, 2.05) is 18.3 Å². The van der Waals surface area contributed by atoms with Gasteiger partial charge >= 0.3 is 0 Å². The van der Waals surface area contributed by atoms with E-state index in [1.165, 1.54) is 5.56 Å². The third-order valence-electron chi connectivity index (χ3n) is 4.05. The largest absolute Gasteiger partial charge is 0.328 e. The van der Waals surface area contributed by atoms with Gasteiger partial charge in [-0.3, -0.25) is 4.79 Å². The molecular formula is C15H17ClN2O. The first-order valence-electron chi connectivity index (χ1n) is 6.64. The van der Waals surface area contributed by atoms with Gasteiger partial charge in [-0.05, 0) is 62.0 Å². The summed E-state index contributed by atoms with van der Waals surface area (Å²) in [6, 6.07) is 5.59. The van der Waals surface area contributed by atoms with Crippen molar-refractivity contribution in [1.29, 1.82) is 0 Å². The summed E-state index contributed by atoms with van der Waals surface area (Å²) in [5.74, 6) is 0.525. The zero-order valence-corrected chi connectivity index (χ0v) is 11.7. The Balaban J connectivity index is 2.09. The van der Waals surface area contributed by atoms with E-state index in [2.05, 4.69) is 16.9 Å². The summed E-state index contributed by atoms with van der Waals surface area (Å²) >= 11 is 5.99. The molecule has 3 rings (SSSR count). The number of nitrogens with zero attached hydrogens (tertiary/aromatic N) is 1. The smallest absolute Gasteiger partial charge is 0.255 e. The number of nitrogens with one attached hydrogen (secondary N) is 1. The van der Waals surface area contributed by atoms with Crippen LogP contribution >= 0.6 is 11.6 Å². The minimum Gasteiger partial charge on any atom is -0.328 e. The summed E-state index contributed by atoms with van der Waals surface area (Å²) in [4.78, 5) is 17.1. The highest BCUT2D eigenvalue weighted by Crippen LogP contribution is 2.31. The quantitative estimate of drug-likeness (QED) is 0.869. The van der Waals surface area contributed by atoms with Crippen molar-refractivity contribution >= 4 is 22.4 Å². The summed E-state index contributed by atoms with van der Waals surface area (Å²) in [7, 11) is 2.15. The summed E-state index contributed by atoms with van der Waals surface area (Å²) in [5.41, 5.74) is 1.19. The van der Waals surface area contributed by atoms with Gasteiger partial charge in [-0.25, -0.2) is 0 Å². The lowest BCUT2D eigenvalue weighted by Crippen LogP contribution is -2.29. The molecule has 1 N–H and O–H groups in total. The lowest BCUT2D eigenvalue weighted by molar-refractivity contribution is 0.256. The topological polar surface area (TPSA) is 36.1 Å². The van der Waals surface area contributed by atoms with Crippen molar-refractivity contribution in [3.8, 4) is 0 Å². The van der Waals surface area contributed by atoms with Gasteiger partial charge in [0, 0.05) is 16.6 Å². The van der Waals surface area contributed by atoms with Crippen LogP contribution in [0.5, 0.6) is 0 Å². The molecule has 1 aromatic heterocycles. The van der Waals surface area contributed by atoms with Crippen LogP contribution in [0.25, 0.3) is 10.8 Å². The van der Waals surface area contributed by atoms with Crippen LogP contribution in [0.4, 0.5) is 0 Å². The molecule has 1 fully saturated rings. The van der Waals surface area contributed by atoms with Crippen LogP contribution in [0.1, 0.15) is 24.3 Å². The fourth-order valence-corrected chi connectivity index (χ4v) is 3.08. The molecule has 1 aliphatic rings. The number of aromatic amines is 1. The second-order valence-corrected chi connectivity index (χ2v) is 5.78. The number of H-pyrrole nitrogens is 1. The Labute approximate surface area is 117 Å². The predicted molar refractivity (Wildman–Crippen MR) is 79.1 cm³/mol. The molecule has 0 aliphatic carbocycles. The maximum Gasteiger partial charge on any atom is 0.255 e. The van der Waals surface area contributed by atoms with Crippen molar-refractivity contribution in [1.82, 2.24) is 9.88 Å². The molecule has 3 nitrogen and oxygen atoms in total. The van der Waals surface area contributed by atoms with Gasteiger partial charge in [0.2, 0.25) is 0 Å². The monoisotopic (exact) mass is 276 g/mol. The minimum absolute atomic E-state index is 0.0609. The molecule has 0 radical (unpaired) electrons. The molecule has 1 aromatic carbocycles. The molecular weight excluding hydrogens is 260 g/mol. The van der Waals surface area contributed by atoms with E-state index < -0.39 is 0 Å². The number of rotatable bonds is 1. The first-order chi connectivity index (χ1) is 9.15. The zero-order valence-electron chi connectivity index (χ0n) is 10.9. The lowest BCUT2D eigenvalue weighted by atomic mass is 9.88. The SMILES string of the molecule is CN1CCC(c2c[nH]c(=O)c3cc(Cl)ccc23)CC1. The van der Waals surface area contributed by atoms with Gasteiger partial charge in [-0.15, -0.1) is 0 Å². The van der Waals surface area contributed by atoms with Crippen LogP contribution in [0.3, 0.4) is 0 Å². The van der Waals surface area contributed by atoms with Gasteiger partial charge in [0.15, 0.2) is 0 Å². The second-order valence-electron chi connectivity index (χ2n) is 5.34. The number of halogens is 1. The van der Waals surface area contributed by atoms with Gasteiger partial charge in [-0.2, -0.15) is 0 Å². The van der Waals surface area contributed by atoms with Gasteiger partial charge in [0.25, 0.3) is 5.56 Å². The highest BCUT2D eigenvalue weighted by molar-refractivity contribution is 6.31. The van der Waals surface area contributed by atoms with Crippen LogP contribution in [0, 0.1) is 0 Å². The molecule has 0 spiro atoms. The number of likely N-dealkylation sites (tertiary alicyclic amines) is 1. The van der Waals surface area contributed by atoms with E-state index in [0.29, 0.717) is 16.3 Å². The normalized spacial score (nSPS) is 18.0. The molecule has 100 valence electrons. The van der Waals surface area contributed by atoms with E-state index >= 15 is 0 Å². The van der Waals surface area contributed by atoms with Crippen molar-refractivity contribution in [2.75, 3.05) is 20.1 Å². The van der Waals surface area contributed by atoms with Crippen LogP contribution < -0.4 is 5.56 Å². The van der Waals surface area contributed by atoms with Crippen molar-refractivity contribution in [2.24, 2.45) is 0 Å².